The number of nitrogens with zero attached hydrogens (tertiary/aromatic N) is 1. The summed E-state index contributed by atoms with van der Waals surface area (Å²) >= 11 is 0. The topological polar surface area (TPSA) is 64.9 Å². The quantitative estimate of drug-likeness (QED) is 0.813. The van der Waals surface area contributed by atoms with Crippen molar-refractivity contribution in [3.8, 4) is 6.07 Å². The van der Waals surface area contributed by atoms with Gasteiger partial charge in [-0.05, 0) is 50.9 Å². The molecule has 104 valence electrons. The van der Waals surface area contributed by atoms with Crippen molar-refractivity contribution in [3.63, 3.8) is 0 Å². The molecular weight excluding hydrogens is 238 g/mol. The molecule has 0 aromatic carbocycles. The smallest absolute Gasteiger partial charge is 0.220 e. The Bertz CT molecular complexity index is 377. The van der Waals surface area contributed by atoms with Crippen molar-refractivity contribution < 1.29 is 4.79 Å². The van der Waals surface area contributed by atoms with Gasteiger partial charge in [0.25, 0.3) is 0 Å². The molecule has 1 aliphatic carbocycles. The first-order valence-electron chi connectivity index (χ1n) is 7.69. The lowest BCUT2D eigenvalue weighted by Crippen LogP contribution is -2.42. The van der Waals surface area contributed by atoms with Crippen LogP contribution in [0.25, 0.3) is 0 Å². The van der Waals surface area contributed by atoms with Crippen molar-refractivity contribution >= 4 is 5.91 Å². The van der Waals surface area contributed by atoms with Crippen LogP contribution in [0.4, 0.5) is 0 Å². The summed E-state index contributed by atoms with van der Waals surface area (Å²) in [5, 5.41) is 15.7. The SMILES string of the molecule is N#CC1CCCC1NC(=O)CC1CC2CCC(C1)N2. The third-order valence-corrected chi connectivity index (χ3v) is 5.07. The number of nitrogens with one attached hydrogen (secondary N) is 2. The molecule has 4 nitrogen and oxygen atoms in total. The molecule has 0 spiro atoms. The van der Waals surface area contributed by atoms with Gasteiger partial charge in [-0.2, -0.15) is 5.26 Å². The van der Waals surface area contributed by atoms with Crippen molar-refractivity contribution in [2.45, 2.75) is 69.5 Å². The predicted octanol–water partition coefficient (Wildman–Crippen LogP) is 1.72. The molecule has 4 heteroatoms. The van der Waals surface area contributed by atoms with Crippen LogP contribution in [0.15, 0.2) is 0 Å². The van der Waals surface area contributed by atoms with Crippen molar-refractivity contribution in [1.82, 2.24) is 10.6 Å². The maximum Gasteiger partial charge on any atom is 0.220 e. The first-order valence-corrected chi connectivity index (χ1v) is 7.69. The molecule has 3 fully saturated rings. The highest BCUT2D eigenvalue weighted by molar-refractivity contribution is 5.76. The minimum Gasteiger partial charge on any atom is -0.352 e. The third kappa shape index (κ3) is 2.92. The van der Waals surface area contributed by atoms with Crippen molar-refractivity contribution in [3.05, 3.63) is 0 Å². The van der Waals surface area contributed by atoms with Crippen LogP contribution in [0.5, 0.6) is 0 Å². The summed E-state index contributed by atoms with van der Waals surface area (Å²) in [6, 6.07) is 3.73. The second-order valence-corrected chi connectivity index (χ2v) is 6.52. The highest BCUT2D eigenvalue weighted by atomic mass is 16.1. The van der Waals surface area contributed by atoms with E-state index in [0.717, 1.165) is 32.1 Å². The Morgan fingerprint density at radius 3 is 2.63 bits per heavy atom. The largest absolute Gasteiger partial charge is 0.352 e. The van der Waals surface area contributed by atoms with E-state index in [4.69, 9.17) is 5.26 Å². The molecule has 19 heavy (non-hydrogen) atoms. The number of nitriles is 1. The summed E-state index contributed by atoms with van der Waals surface area (Å²) in [5.41, 5.74) is 0. The number of carbonyl (C=O) groups excluding carboxylic acids is 1. The van der Waals surface area contributed by atoms with E-state index in [1.54, 1.807) is 0 Å². The minimum absolute atomic E-state index is 0.0353. The van der Waals surface area contributed by atoms with E-state index in [9.17, 15) is 4.79 Å². The van der Waals surface area contributed by atoms with E-state index in [2.05, 4.69) is 16.7 Å². The first-order chi connectivity index (χ1) is 9.24. The molecule has 0 aromatic rings. The van der Waals surface area contributed by atoms with E-state index >= 15 is 0 Å². The van der Waals surface area contributed by atoms with Gasteiger partial charge in [-0.15, -0.1) is 0 Å². The Morgan fingerprint density at radius 1 is 1.21 bits per heavy atom. The highest BCUT2D eigenvalue weighted by Gasteiger charge is 2.35. The van der Waals surface area contributed by atoms with Gasteiger partial charge in [0, 0.05) is 24.5 Å². The number of rotatable bonds is 3. The fraction of sp³-hybridized carbons (Fsp3) is 0.867. The monoisotopic (exact) mass is 261 g/mol. The van der Waals surface area contributed by atoms with E-state index in [1.807, 2.05) is 0 Å². The van der Waals surface area contributed by atoms with Crippen LogP contribution in [-0.2, 0) is 4.79 Å². The Balaban J connectivity index is 1.48. The lowest BCUT2D eigenvalue weighted by Gasteiger charge is -2.29. The normalized spacial score (nSPS) is 40.9. The van der Waals surface area contributed by atoms with Crippen LogP contribution in [0.2, 0.25) is 0 Å². The van der Waals surface area contributed by atoms with Gasteiger partial charge in [0.1, 0.15) is 0 Å². The van der Waals surface area contributed by atoms with Gasteiger partial charge in [-0.1, -0.05) is 0 Å². The molecule has 1 amide bonds. The fourth-order valence-electron chi connectivity index (χ4n) is 4.16. The molecule has 4 unspecified atom stereocenters. The summed E-state index contributed by atoms with van der Waals surface area (Å²) < 4.78 is 0. The maximum absolute atomic E-state index is 12.1. The van der Waals surface area contributed by atoms with Gasteiger partial charge in [-0.3, -0.25) is 4.79 Å². The average Bonchev–Trinajstić information content (AvgIpc) is 2.96. The highest BCUT2D eigenvalue weighted by Crippen LogP contribution is 2.33. The number of piperidine rings is 1. The average molecular weight is 261 g/mol. The van der Waals surface area contributed by atoms with Crippen LogP contribution in [0.1, 0.15) is 51.4 Å². The maximum atomic E-state index is 12.1. The summed E-state index contributed by atoms with van der Waals surface area (Å²) in [4.78, 5) is 12.1. The molecule has 2 N–H and O–H groups in total. The molecule has 2 bridgehead atoms. The van der Waals surface area contributed by atoms with Gasteiger partial charge in [0.05, 0.1) is 12.0 Å². The number of carbonyl (C=O) groups is 1. The molecule has 0 aromatic heterocycles. The summed E-state index contributed by atoms with van der Waals surface area (Å²) in [6.07, 6.45) is 8.50. The molecule has 3 rings (SSSR count). The number of hydrogen-bond donors (Lipinski definition) is 2. The van der Waals surface area contributed by atoms with Crippen LogP contribution in [-0.4, -0.2) is 24.0 Å². The summed E-state index contributed by atoms with van der Waals surface area (Å²) in [5.74, 6) is 0.743. The summed E-state index contributed by atoms with van der Waals surface area (Å²) in [7, 11) is 0. The Kier molecular flexibility index (Phi) is 3.74. The third-order valence-electron chi connectivity index (χ3n) is 5.07. The molecule has 4 atom stereocenters. The van der Waals surface area contributed by atoms with Gasteiger partial charge in [0.15, 0.2) is 0 Å². The second-order valence-electron chi connectivity index (χ2n) is 6.52. The van der Waals surface area contributed by atoms with Crippen LogP contribution in [0, 0.1) is 23.2 Å². The van der Waals surface area contributed by atoms with E-state index in [1.165, 1.54) is 12.8 Å². The zero-order valence-corrected chi connectivity index (χ0v) is 11.4. The number of amides is 1. The lowest BCUT2D eigenvalue weighted by molar-refractivity contribution is -0.123. The van der Waals surface area contributed by atoms with E-state index in [0.29, 0.717) is 24.4 Å². The minimum atomic E-state index is 0.0353. The van der Waals surface area contributed by atoms with Crippen molar-refractivity contribution in [2.75, 3.05) is 0 Å². The van der Waals surface area contributed by atoms with Gasteiger partial charge < -0.3 is 10.6 Å². The number of fused-ring (bicyclic) bond motifs is 2. The molecule has 3 aliphatic rings. The molecular formula is C15H23N3O. The molecule has 2 saturated heterocycles. The zero-order chi connectivity index (χ0) is 13.2. The van der Waals surface area contributed by atoms with Gasteiger partial charge in [0.2, 0.25) is 5.91 Å². The van der Waals surface area contributed by atoms with Crippen molar-refractivity contribution in [1.29, 1.82) is 5.26 Å². The van der Waals surface area contributed by atoms with Gasteiger partial charge >= 0.3 is 0 Å². The lowest BCUT2D eigenvalue weighted by atomic mass is 9.89. The Labute approximate surface area is 114 Å². The second kappa shape index (κ2) is 5.50. The standard InChI is InChI=1S/C15H23N3O/c16-9-11-2-1-3-14(11)18-15(19)8-10-6-12-4-5-13(7-10)17-12/h10-14,17H,1-8H2,(H,18,19). The van der Waals surface area contributed by atoms with Crippen LogP contribution >= 0.6 is 0 Å². The molecule has 2 heterocycles. The molecule has 2 aliphatic heterocycles. The Morgan fingerprint density at radius 2 is 1.95 bits per heavy atom. The fourth-order valence-corrected chi connectivity index (χ4v) is 4.16. The van der Waals surface area contributed by atoms with Crippen LogP contribution in [0.3, 0.4) is 0 Å². The van der Waals surface area contributed by atoms with Crippen LogP contribution < -0.4 is 10.6 Å². The summed E-state index contributed by atoms with van der Waals surface area (Å²) in [6.45, 7) is 0. The molecule has 0 radical (unpaired) electrons. The predicted molar refractivity (Wildman–Crippen MR) is 72.2 cm³/mol. The van der Waals surface area contributed by atoms with E-state index < -0.39 is 0 Å². The van der Waals surface area contributed by atoms with Crippen molar-refractivity contribution in [2.24, 2.45) is 11.8 Å². The zero-order valence-electron chi connectivity index (χ0n) is 11.4. The molecule has 1 saturated carbocycles. The van der Waals surface area contributed by atoms with Gasteiger partial charge in [-0.25, -0.2) is 0 Å². The Hall–Kier alpha value is -1.08. The first kappa shape index (κ1) is 12.9. The number of hydrogen-bond acceptors (Lipinski definition) is 3. The van der Waals surface area contributed by atoms with E-state index in [-0.39, 0.29) is 17.9 Å².